The minimum Gasteiger partial charge on any atom is -0.434 e. The highest BCUT2D eigenvalue weighted by atomic mass is 19.3. The molecule has 2 aromatic carbocycles. The topological polar surface area (TPSA) is 81.5 Å². The minimum absolute atomic E-state index is 0.102. The number of rotatable bonds is 5. The second kappa shape index (κ2) is 6.61. The number of nitrogens with zero attached hydrogens (tertiary/aromatic N) is 1. The predicted octanol–water partition coefficient (Wildman–Crippen LogP) is 3.45. The van der Waals surface area contributed by atoms with Crippen LogP contribution in [0.5, 0.6) is 5.75 Å². The molecule has 0 unspecified atom stereocenters. The van der Waals surface area contributed by atoms with Crippen molar-refractivity contribution in [2.75, 3.05) is 5.32 Å². The van der Waals surface area contributed by atoms with E-state index in [1.165, 1.54) is 42.5 Å². The summed E-state index contributed by atoms with van der Waals surface area (Å²) in [5.41, 5.74) is -0.129. The van der Waals surface area contributed by atoms with E-state index >= 15 is 0 Å². The Hall–Kier alpha value is -3.03. The van der Waals surface area contributed by atoms with Gasteiger partial charge in [-0.25, -0.2) is 0 Å². The van der Waals surface area contributed by atoms with Gasteiger partial charge in [0.25, 0.3) is 11.6 Å². The fourth-order valence-corrected chi connectivity index (χ4v) is 1.75. The van der Waals surface area contributed by atoms with Crippen LogP contribution >= 0.6 is 0 Å². The number of alkyl halides is 2. The van der Waals surface area contributed by atoms with Gasteiger partial charge in [0.05, 0.1) is 10.5 Å². The maximum Gasteiger partial charge on any atom is 0.387 e. The number of halogens is 2. The molecule has 1 N–H and O–H groups in total. The van der Waals surface area contributed by atoms with Crippen molar-refractivity contribution >= 4 is 17.3 Å². The molecule has 0 saturated carbocycles. The fraction of sp³-hybridized carbons (Fsp3) is 0.0714. The number of carbonyl (C=O) groups excluding carboxylic acids is 1. The van der Waals surface area contributed by atoms with Gasteiger partial charge in [-0.3, -0.25) is 14.9 Å². The summed E-state index contributed by atoms with van der Waals surface area (Å²) in [4.78, 5) is 22.2. The molecule has 2 rings (SSSR count). The highest BCUT2D eigenvalue weighted by Crippen LogP contribution is 2.23. The molecule has 0 atom stereocenters. The number of nitrogens with one attached hydrogen (secondary N) is 1. The van der Waals surface area contributed by atoms with E-state index < -0.39 is 17.4 Å². The number of hydrogen-bond donors (Lipinski definition) is 1. The molecule has 0 heterocycles. The zero-order valence-electron chi connectivity index (χ0n) is 11.0. The average molecular weight is 308 g/mol. The first-order chi connectivity index (χ1) is 10.5. The summed E-state index contributed by atoms with van der Waals surface area (Å²) in [5.74, 6) is -0.989. The second-order valence-electron chi connectivity index (χ2n) is 4.14. The number of ether oxygens (including phenoxy) is 1. The molecule has 0 bridgehead atoms. The lowest BCUT2D eigenvalue weighted by molar-refractivity contribution is -0.384. The predicted molar refractivity (Wildman–Crippen MR) is 74.1 cm³/mol. The van der Waals surface area contributed by atoms with Crippen LogP contribution in [0.15, 0.2) is 48.5 Å². The third-order valence-electron chi connectivity index (χ3n) is 2.66. The summed E-state index contributed by atoms with van der Waals surface area (Å²) in [6.45, 7) is -3.06. The van der Waals surface area contributed by atoms with Gasteiger partial charge in [0.2, 0.25) is 0 Å². The fourth-order valence-electron chi connectivity index (χ4n) is 1.75. The first kappa shape index (κ1) is 15.4. The molecule has 114 valence electrons. The van der Waals surface area contributed by atoms with Crippen LogP contribution in [0.1, 0.15) is 10.4 Å². The van der Waals surface area contributed by atoms with Crippen molar-refractivity contribution in [2.24, 2.45) is 0 Å². The number of nitro benzene ring substituents is 1. The molecule has 1 amide bonds. The molecule has 8 heteroatoms. The molecule has 0 saturated heterocycles. The SMILES string of the molecule is O=C(Nc1cccc([N+](=O)[O-])c1)c1ccccc1OC(F)F. The molecular weight excluding hydrogens is 298 g/mol. The Labute approximate surface area is 123 Å². The van der Waals surface area contributed by atoms with Gasteiger partial charge < -0.3 is 10.1 Å². The number of para-hydroxylation sites is 1. The van der Waals surface area contributed by atoms with Crippen LogP contribution in [0.3, 0.4) is 0 Å². The van der Waals surface area contributed by atoms with Crippen LogP contribution in [0, 0.1) is 10.1 Å². The molecule has 0 aromatic heterocycles. The van der Waals surface area contributed by atoms with Crippen molar-refractivity contribution in [1.29, 1.82) is 0 Å². The number of carbonyl (C=O) groups is 1. The lowest BCUT2D eigenvalue weighted by Crippen LogP contribution is -2.15. The van der Waals surface area contributed by atoms with E-state index in [0.717, 1.165) is 6.07 Å². The number of nitro groups is 1. The van der Waals surface area contributed by atoms with Gasteiger partial charge in [0.15, 0.2) is 0 Å². The average Bonchev–Trinajstić information content (AvgIpc) is 2.47. The number of non-ortho nitro benzene ring substituents is 1. The standard InChI is InChI=1S/C14H10F2N2O4/c15-14(16)22-12-7-2-1-6-11(12)13(19)17-9-4-3-5-10(8-9)18(20)21/h1-8,14H,(H,17,19). The molecule has 6 nitrogen and oxygen atoms in total. The van der Waals surface area contributed by atoms with Crippen LogP contribution in [0.25, 0.3) is 0 Å². The Morgan fingerprint density at radius 2 is 1.91 bits per heavy atom. The zero-order valence-corrected chi connectivity index (χ0v) is 11.0. The lowest BCUT2D eigenvalue weighted by Gasteiger charge is -2.10. The van der Waals surface area contributed by atoms with Gasteiger partial charge in [-0.1, -0.05) is 18.2 Å². The summed E-state index contributed by atoms with van der Waals surface area (Å²) < 4.78 is 28.9. The third kappa shape index (κ3) is 3.75. The van der Waals surface area contributed by atoms with E-state index in [-0.39, 0.29) is 22.7 Å². The van der Waals surface area contributed by atoms with Crippen molar-refractivity contribution in [3.8, 4) is 5.75 Å². The Kier molecular flexibility index (Phi) is 4.62. The van der Waals surface area contributed by atoms with Gasteiger partial charge in [0.1, 0.15) is 5.75 Å². The number of amides is 1. The molecule has 0 fully saturated rings. The van der Waals surface area contributed by atoms with Crippen LogP contribution < -0.4 is 10.1 Å². The smallest absolute Gasteiger partial charge is 0.387 e. The summed E-state index contributed by atoms with van der Waals surface area (Å²) in [6, 6.07) is 10.7. The Bertz CT molecular complexity index is 707. The maximum atomic E-state index is 12.3. The largest absolute Gasteiger partial charge is 0.434 e. The van der Waals surface area contributed by atoms with E-state index in [9.17, 15) is 23.7 Å². The highest BCUT2D eigenvalue weighted by Gasteiger charge is 2.16. The molecular formula is C14H10F2N2O4. The summed E-state index contributed by atoms with van der Waals surface area (Å²) >= 11 is 0. The molecule has 0 aliphatic rings. The van der Waals surface area contributed by atoms with Crippen molar-refractivity contribution < 1.29 is 23.2 Å². The molecule has 0 aliphatic carbocycles. The summed E-state index contributed by atoms with van der Waals surface area (Å²) in [5, 5.41) is 13.1. The van der Waals surface area contributed by atoms with E-state index in [2.05, 4.69) is 10.1 Å². The lowest BCUT2D eigenvalue weighted by atomic mass is 10.2. The molecule has 0 radical (unpaired) electrons. The summed E-state index contributed by atoms with van der Waals surface area (Å²) in [6.07, 6.45) is 0. The van der Waals surface area contributed by atoms with E-state index in [1.807, 2.05) is 0 Å². The van der Waals surface area contributed by atoms with E-state index in [4.69, 9.17) is 0 Å². The van der Waals surface area contributed by atoms with Gasteiger partial charge in [0, 0.05) is 17.8 Å². The Balaban J connectivity index is 2.22. The van der Waals surface area contributed by atoms with Gasteiger partial charge in [-0.05, 0) is 18.2 Å². The van der Waals surface area contributed by atoms with Crippen LogP contribution in [0.4, 0.5) is 20.2 Å². The zero-order chi connectivity index (χ0) is 16.1. The Morgan fingerprint density at radius 3 is 2.59 bits per heavy atom. The van der Waals surface area contributed by atoms with Crippen LogP contribution in [0.2, 0.25) is 0 Å². The third-order valence-corrected chi connectivity index (χ3v) is 2.66. The minimum atomic E-state index is -3.06. The van der Waals surface area contributed by atoms with Crippen LogP contribution in [-0.4, -0.2) is 17.4 Å². The maximum absolute atomic E-state index is 12.3. The molecule has 2 aromatic rings. The molecule has 0 aliphatic heterocycles. The van der Waals surface area contributed by atoms with E-state index in [0.29, 0.717) is 0 Å². The quantitative estimate of drug-likeness (QED) is 0.677. The molecule has 0 spiro atoms. The Morgan fingerprint density at radius 1 is 1.18 bits per heavy atom. The van der Waals surface area contributed by atoms with Gasteiger partial charge in [-0.2, -0.15) is 8.78 Å². The van der Waals surface area contributed by atoms with Crippen molar-refractivity contribution in [2.45, 2.75) is 6.61 Å². The number of anilines is 1. The highest BCUT2D eigenvalue weighted by molar-refractivity contribution is 6.06. The van der Waals surface area contributed by atoms with Crippen molar-refractivity contribution in [1.82, 2.24) is 0 Å². The second-order valence-corrected chi connectivity index (χ2v) is 4.14. The molecule has 22 heavy (non-hydrogen) atoms. The normalized spacial score (nSPS) is 10.3. The number of benzene rings is 2. The van der Waals surface area contributed by atoms with Gasteiger partial charge >= 0.3 is 6.61 Å². The summed E-state index contributed by atoms with van der Waals surface area (Å²) in [7, 11) is 0. The first-order valence-electron chi connectivity index (χ1n) is 6.07. The monoisotopic (exact) mass is 308 g/mol. The van der Waals surface area contributed by atoms with Crippen molar-refractivity contribution in [3.05, 3.63) is 64.2 Å². The number of hydrogen-bond acceptors (Lipinski definition) is 4. The van der Waals surface area contributed by atoms with Gasteiger partial charge in [-0.15, -0.1) is 0 Å². The van der Waals surface area contributed by atoms with E-state index in [1.54, 1.807) is 0 Å². The van der Waals surface area contributed by atoms with Crippen molar-refractivity contribution in [3.63, 3.8) is 0 Å². The van der Waals surface area contributed by atoms with Crippen LogP contribution in [-0.2, 0) is 0 Å². The first-order valence-corrected chi connectivity index (χ1v) is 6.07.